The third-order valence-corrected chi connectivity index (χ3v) is 18.0. The zero-order chi connectivity index (χ0) is 5.66. The third kappa shape index (κ3) is 3.93. The van der Waals surface area contributed by atoms with Crippen LogP contribution in [0.15, 0.2) is 0 Å². The summed E-state index contributed by atoms with van der Waals surface area (Å²) >= 11 is -3.88. The summed E-state index contributed by atoms with van der Waals surface area (Å²) in [5.41, 5.74) is 0. The van der Waals surface area contributed by atoms with E-state index in [0.29, 0.717) is 0 Å². The Morgan fingerprint density at radius 1 is 0.500 bits per heavy atom. The fourth-order valence-electron chi connectivity index (χ4n) is 0.372. The standard InChI is InChI=1S/Ge4H8O4/c1-5-2-7-4-8-3-6-1/h1-4H2. The average Bonchev–Trinajstić information content (AvgIpc) is 1.62. The predicted molar refractivity (Wildman–Crippen MR) is 38.5 cm³/mol. The molecule has 0 amide bonds. The number of rotatable bonds is 0. The first kappa shape index (κ1) is 8.11. The van der Waals surface area contributed by atoms with Gasteiger partial charge >= 0.3 is 75.6 Å². The van der Waals surface area contributed by atoms with E-state index in [2.05, 4.69) is 0 Å². The molecule has 8 heavy (non-hydrogen) atoms. The molecule has 0 N–H and O–H groups in total. The second kappa shape index (κ2) is 5.77. The van der Waals surface area contributed by atoms with Gasteiger partial charge in [0.15, 0.2) is 0 Å². The first-order chi connectivity index (χ1) is 4.00. The SMILES string of the molecule is [O]1[GeH2][O][GeH2][O][GeH2][O][GeH2]1. The van der Waals surface area contributed by atoms with Crippen LogP contribution in [0, 0.1) is 0 Å². The van der Waals surface area contributed by atoms with Crippen LogP contribution in [0.1, 0.15) is 0 Å². The first-order valence-corrected chi connectivity index (χ1v) is 12.0. The molecule has 1 heterocycles. The van der Waals surface area contributed by atoms with E-state index < -0.39 is 64.4 Å². The monoisotopic (exact) mass is 368 g/mol. The van der Waals surface area contributed by atoms with Crippen molar-refractivity contribution in [1.29, 1.82) is 0 Å². The van der Waals surface area contributed by atoms with E-state index in [-0.39, 0.29) is 0 Å². The topological polar surface area (TPSA) is 36.9 Å². The van der Waals surface area contributed by atoms with Crippen LogP contribution in [-0.4, -0.2) is 64.4 Å². The van der Waals surface area contributed by atoms with Gasteiger partial charge in [-0.25, -0.2) is 0 Å². The molecule has 48 valence electrons. The van der Waals surface area contributed by atoms with Crippen LogP contribution in [0.4, 0.5) is 0 Å². The third-order valence-electron chi connectivity index (χ3n) is 0.667. The van der Waals surface area contributed by atoms with Crippen molar-refractivity contribution in [2.24, 2.45) is 0 Å². The summed E-state index contributed by atoms with van der Waals surface area (Å²) in [6.07, 6.45) is 0. The molecule has 1 fully saturated rings. The Morgan fingerprint density at radius 2 is 0.750 bits per heavy atom. The van der Waals surface area contributed by atoms with E-state index in [1.54, 1.807) is 0 Å². The van der Waals surface area contributed by atoms with Gasteiger partial charge in [0.1, 0.15) is 0 Å². The van der Waals surface area contributed by atoms with Gasteiger partial charge in [0.25, 0.3) is 0 Å². The summed E-state index contributed by atoms with van der Waals surface area (Å²) < 4.78 is 20.9. The Morgan fingerprint density at radius 3 is 1.00 bits per heavy atom. The summed E-state index contributed by atoms with van der Waals surface area (Å²) in [6, 6.07) is 0. The minimum absolute atomic E-state index is 0.969. The van der Waals surface area contributed by atoms with Gasteiger partial charge in [-0.15, -0.1) is 0 Å². The van der Waals surface area contributed by atoms with Crippen molar-refractivity contribution in [1.82, 2.24) is 0 Å². The maximum absolute atomic E-state index is 5.22. The molecule has 0 aliphatic carbocycles. The molecule has 0 aromatic rings. The summed E-state index contributed by atoms with van der Waals surface area (Å²) in [4.78, 5) is 0. The molecule has 1 aliphatic heterocycles. The van der Waals surface area contributed by atoms with E-state index in [4.69, 9.17) is 11.2 Å². The maximum atomic E-state index is 5.22. The minimum atomic E-state index is -0.969. The van der Waals surface area contributed by atoms with E-state index in [1.807, 2.05) is 0 Å². The zero-order valence-corrected chi connectivity index (χ0v) is 16.3. The summed E-state index contributed by atoms with van der Waals surface area (Å²) in [6.45, 7) is 0. The quantitative estimate of drug-likeness (QED) is 0.413. The van der Waals surface area contributed by atoms with Gasteiger partial charge in [0.05, 0.1) is 0 Å². The van der Waals surface area contributed by atoms with Crippen molar-refractivity contribution in [2.75, 3.05) is 0 Å². The molecule has 0 atom stereocenters. The fourth-order valence-corrected chi connectivity index (χ4v) is 36.7. The number of hydrogen-bond donors (Lipinski definition) is 0. The van der Waals surface area contributed by atoms with Crippen LogP contribution in [0.5, 0.6) is 0 Å². The van der Waals surface area contributed by atoms with Crippen LogP contribution in [-0.2, 0) is 11.2 Å². The first-order valence-electron chi connectivity index (χ1n) is 2.31. The Hall–Kier alpha value is 2.01. The Balaban J connectivity index is 2.00. The molecule has 0 aromatic heterocycles. The van der Waals surface area contributed by atoms with Gasteiger partial charge in [-0.2, -0.15) is 0 Å². The van der Waals surface area contributed by atoms with Crippen molar-refractivity contribution < 1.29 is 11.2 Å². The molecule has 1 rings (SSSR count). The van der Waals surface area contributed by atoms with E-state index in [9.17, 15) is 0 Å². The molecule has 0 spiro atoms. The molecule has 0 bridgehead atoms. The molecular weight excluding hydrogens is 354 g/mol. The van der Waals surface area contributed by atoms with Gasteiger partial charge < -0.3 is 0 Å². The van der Waals surface area contributed by atoms with Crippen molar-refractivity contribution >= 4 is 64.4 Å². The van der Waals surface area contributed by atoms with Gasteiger partial charge in [0.2, 0.25) is 0 Å². The Labute approximate surface area is 75.0 Å². The molecule has 0 aromatic carbocycles. The molecule has 8 heteroatoms. The predicted octanol–water partition coefficient (Wildman–Crippen LogP) is -3.94. The van der Waals surface area contributed by atoms with Gasteiger partial charge in [-0.3, -0.25) is 0 Å². The normalized spacial score (nSPS) is 36.0. The van der Waals surface area contributed by atoms with E-state index >= 15 is 0 Å². The van der Waals surface area contributed by atoms with Crippen molar-refractivity contribution in [3.63, 3.8) is 0 Å². The fraction of sp³-hybridized carbons (Fsp3) is 0. The van der Waals surface area contributed by atoms with Crippen LogP contribution in [0.3, 0.4) is 0 Å². The van der Waals surface area contributed by atoms with E-state index in [1.165, 1.54) is 0 Å². The molecule has 0 radical (unpaired) electrons. The zero-order valence-electron chi connectivity index (χ0n) is 4.46. The van der Waals surface area contributed by atoms with E-state index in [0.717, 1.165) is 0 Å². The van der Waals surface area contributed by atoms with Gasteiger partial charge in [-0.1, -0.05) is 0 Å². The summed E-state index contributed by atoms with van der Waals surface area (Å²) in [7, 11) is 0. The van der Waals surface area contributed by atoms with Crippen LogP contribution < -0.4 is 0 Å². The molecule has 4 nitrogen and oxygen atoms in total. The second-order valence-electron chi connectivity index (χ2n) is 1.29. The van der Waals surface area contributed by atoms with Crippen LogP contribution in [0.2, 0.25) is 0 Å². The molecule has 0 saturated carbocycles. The van der Waals surface area contributed by atoms with Crippen molar-refractivity contribution in [3.8, 4) is 0 Å². The molecule has 1 saturated heterocycles. The van der Waals surface area contributed by atoms with Crippen LogP contribution >= 0.6 is 0 Å². The van der Waals surface area contributed by atoms with Crippen molar-refractivity contribution in [3.05, 3.63) is 0 Å². The Kier molecular flexibility index (Phi) is 5.85. The Bertz CT molecular complexity index is 32.0. The molecule has 0 unspecified atom stereocenters. The summed E-state index contributed by atoms with van der Waals surface area (Å²) in [5, 5.41) is 0. The van der Waals surface area contributed by atoms with Crippen LogP contribution in [0.25, 0.3) is 0 Å². The van der Waals surface area contributed by atoms with Crippen molar-refractivity contribution in [2.45, 2.75) is 0 Å². The number of hydrogen-bond acceptors (Lipinski definition) is 4. The van der Waals surface area contributed by atoms with Gasteiger partial charge in [0, 0.05) is 0 Å². The molecule has 1 aliphatic rings. The summed E-state index contributed by atoms with van der Waals surface area (Å²) in [5.74, 6) is 0. The average molecular weight is 363 g/mol. The van der Waals surface area contributed by atoms with Gasteiger partial charge in [-0.05, 0) is 0 Å². The second-order valence-corrected chi connectivity index (χ2v) is 24.5. The molecular formula is H8Ge4O4.